The molecule has 0 radical (unpaired) electrons. The zero-order valence-electron chi connectivity index (χ0n) is 18.0. The predicted molar refractivity (Wildman–Crippen MR) is 105 cm³/mol. The Morgan fingerprint density at radius 2 is 0.958 bits per heavy atom. The fourth-order valence-corrected chi connectivity index (χ4v) is 2.74. The van der Waals surface area contributed by atoms with Gasteiger partial charge in [-0.05, 0) is 80.6 Å². The summed E-state index contributed by atoms with van der Waals surface area (Å²) in [6, 6.07) is 0. The first-order valence-corrected chi connectivity index (χ1v) is 9.42. The van der Waals surface area contributed by atoms with Crippen LogP contribution in [0.15, 0.2) is 0 Å². The maximum atomic E-state index is 11.4. The third kappa shape index (κ3) is 7.02. The van der Waals surface area contributed by atoms with Crippen molar-refractivity contribution >= 4 is 11.6 Å². The van der Waals surface area contributed by atoms with Crippen LogP contribution in [0.5, 0.6) is 0 Å². The Morgan fingerprint density at radius 1 is 0.708 bits per heavy atom. The lowest BCUT2D eigenvalue weighted by atomic mass is 9.92. The van der Waals surface area contributed by atoms with E-state index in [1.165, 1.54) is 0 Å². The van der Waals surface area contributed by atoms with Crippen molar-refractivity contribution in [2.75, 3.05) is 27.2 Å². The number of carbonyl (C=O) groups is 2. The number of hydrogen-bond acceptors (Lipinski definition) is 4. The van der Waals surface area contributed by atoms with Crippen LogP contribution in [0.4, 0.5) is 0 Å². The van der Waals surface area contributed by atoms with Gasteiger partial charge >= 0.3 is 0 Å². The van der Waals surface area contributed by atoms with Crippen LogP contribution in [-0.2, 0) is 9.59 Å². The SMILES string of the molecule is CCCN(C)C(C)(CC)C(C)=O.CCCN(C)C(C)(CC)C(C)=O. The Labute approximate surface area is 151 Å². The fraction of sp³-hybridized carbons (Fsp3) is 0.900. The molecule has 0 aliphatic carbocycles. The van der Waals surface area contributed by atoms with Gasteiger partial charge in [-0.3, -0.25) is 19.4 Å². The maximum Gasteiger partial charge on any atom is 0.149 e. The Hall–Kier alpha value is -0.740. The van der Waals surface area contributed by atoms with Crippen molar-refractivity contribution in [1.29, 1.82) is 0 Å². The molecule has 0 aliphatic heterocycles. The Bertz CT molecular complexity index is 348. The van der Waals surface area contributed by atoms with Gasteiger partial charge in [0.25, 0.3) is 0 Å². The Kier molecular flexibility index (Phi) is 12.5. The van der Waals surface area contributed by atoms with E-state index in [2.05, 4.69) is 37.5 Å². The molecule has 0 rings (SSSR count). The van der Waals surface area contributed by atoms with Gasteiger partial charge in [0, 0.05) is 0 Å². The summed E-state index contributed by atoms with van der Waals surface area (Å²) in [4.78, 5) is 27.0. The van der Waals surface area contributed by atoms with Gasteiger partial charge in [0.2, 0.25) is 0 Å². The highest BCUT2D eigenvalue weighted by Crippen LogP contribution is 2.19. The molecule has 0 aromatic rings. The van der Waals surface area contributed by atoms with Crippen LogP contribution < -0.4 is 0 Å². The molecule has 4 nitrogen and oxygen atoms in total. The summed E-state index contributed by atoms with van der Waals surface area (Å²) in [5, 5.41) is 0. The maximum absolute atomic E-state index is 11.4. The summed E-state index contributed by atoms with van der Waals surface area (Å²) in [6.45, 7) is 17.8. The van der Waals surface area contributed by atoms with Crippen LogP contribution >= 0.6 is 0 Å². The molecule has 0 saturated heterocycles. The van der Waals surface area contributed by atoms with Gasteiger partial charge in [-0.1, -0.05) is 27.7 Å². The highest BCUT2D eigenvalue weighted by atomic mass is 16.1. The lowest BCUT2D eigenvalue weighted by molar-refractivity contribution is -0.128. The standard InChI is InChI=1S/2C10H21NO/c2*1-6-8-11(5)10(4,7-2)9(3)12/h2*6-8H2,1-5H3. The van der Waals surface area contributed by atoms with Crippen LogP contribution in [0.1, 0.15) is 81.1 Å². The lowest BCUT2D eigenvalue weighted by Gasteiger charge is -2.35. The first kappa shape index (κ1) is 25.5. The van der Waals surface area contributed by atoms with Gasteiger partial charge in [-0.2, -0.15) is 0 Å². The predicted octanol–water partition coefficient (Wildman–Crippen LogP) is 4.17. The van der Waals surface area contributed by atoms with Crippen LogP contribution in [-0.4, -0.2) is 59.6 Å². The topological polar surface area (TPSA) is 40.6 Å². The second-order valence-corrected chi connectivity index (χ2v) is 7.21. The number of ketones is 2. The minimum Gasteiger partial charge on any atom is -0.298 e. The molecule has 2 atom stereocenters. The third-order valence-corrected chi connectivity index (χ3v) is 5.70. The number of hydrogen-bond donors (Lipinski definition) is 0. The minimum absolute atomic E-state index is 0.254. The zero-order chi connectivity index (χ0) is 19.6. The second kappa shape index (κ2) is 11.8. The number of nitrogens with zero attached hydrogens (tertiary/aromatic N) is 2. The summed E-state index contributed by atoms with van der Waals surface area (Å²) in [7, 11) is 4.04. The molecule has 0 aliphatic rings. The highest BCUT2D eigenvalue weighted by molar-refractivity contribution is 5.85. The van der Waals surface area contributed by atoms with Crippen molar-refractivity contribution < 1.29 is 9.59 Å². The number of Topliss-reactive ketones (excluding diaryl/α,β-unsaturated/α-hetero) is 2. The van der Waals surface area contributed by atoms with Crippen molar-refractivity contribution in [2.24, 2.45) is 0 Å². The van der Waals surface area contributed by atoms with Crippen LogP contribution in [0.25, 0.3) is 0 Å². The molecule has 0 fully saturated rings. The molecule has 0 aromatic carbocycles. The van der Waals surface area contributed by atoms with E-state index in [0.717, 1.165) is 38.8 Å². The Balaban J connectivity index is 0. The Morgan fingerprint density at radius 3 is 1.08 bits per heavy atom. The molecule has 0 saturated carbocycles. The first-order chi connectivity index (χ1) is 11.0. The molecule has 0 amide bonds. The van der Waals surface area contributed by atoms with Crippen LogP contribution in [0.2, 0.25) is 0 Å². The summed E-state index contributed by atoms with van der Waals surface area (Å²) >= 11 is 0. The molecule has 0 spiro atoms. The van der Waals surface area contributed by atoms with E-state index in [0.29, 0.717) is 0 Å². The third-order valence-electron chi connectivity index (χ3n) is 5.70. The molecular formula is C20H42N2O2. The summed E-state index contributed by atoms with van der Waals surface area (Å²) in [6.07, 6.45) is 3.97. The van der Waals surface area contributed by atoms with Gasteiger partial charge in [-0.25, -0.2) is 0 Å². The van der Waals surface area contributed by atoms with Crippen molar-refractivity contribution in [2.45, 2.75) is 92.2 Å². The average molecular weight is 343 g/mol. The molecule has 24 heavy (non-hydrogen) atoms. The molecule has 144 valence electrons. The zero-order valence-corrected chi connectivity index (χ0v) is 18.0. The van der Waals surface area contributed by atoms with Crippen molar-refractivity contribution in [1.82, 2.24) is 9.80 Å². The van der Waals surface area contributed by atoms with Gasteiger partial charge < -0.3 is 0 Å². The quantitative estimate of drug-likeness (QED) is 0.597. The molecule has 0 bridgehead atoms. The monoisotopic (exact) mass is 342 g/mol. The van der Waals surface area contributed by atoms with Crippen LogP contribution in [0.3, 0.4) is 0 Å². The summed E-state index contributed by atoms with van der Waals surface area (Å²) in [5.74, 6) is 0.530. The molecule has 4 heteroatoms. The van der Waals surface area contributed by atoms with Gasteiger partial charge in [0.05, 0.1) is 11.1 Å². The van der Waals surface area contributed by atoms with Crippen molar-refractivity contribution in [3.05, 3.63) is 0 Å². The van der Waals surface area contributed by atoms with Gasteiger partial charge in [-0.15, -0.1) is 0 Å². The van der Waals surface area contributed by atoms with E-state index in [1.807, 2.05) is 27.9 Å². The molecule has 0 aromatic heterocycles. The smallest absolute Gasteiger partial charge is 0.149 e. The molecule has 0 heterocycles. The van der Waals surface area contributed by atoms with E-state index in [9.17, 15) is 9.59 Å². The molecule has 0 N–H and O–H groups in total. The van der Waals surface area contributed by atoms with E-state index in [1.54, 1.807) is 13.8 Å². The largest absolute Gasteiger partial charge is 0.298 e. The van der Waals surface area contributed by atoms with E-state index < -0.39 is 0 Å². The molecular weight excluding hydrogens is 300 g/mol. The minimum atomic E-state index is -0.254. The summed E-state index contributed by atoms with van der Waals surface area (Å²) in [5.41, 5.74) is -0.508. The van der Waals surface area contributed by atoms with E-state index in [-0.39, 0.29) is 22.6 Å². The van der Waals surface area contributed by atoms with Gasteiger partial charge in [0.1, 0.15) is 11.6 Å². The number of rotatable bonds is 10. The summed E-state index contributed by atoms with van der Waals surface area (Å²) < 4.78 is 0. The first-order valence-electron chi connectivity index (χ1n) is 9.42. The fourth-order valence-electron chi connectivity index (χ4n) is 2.74. The van der Waals surface area contributed by atoms with E-state index in [4.69, 9.17) is 0 Å². The van der Waals surface area contributed by atoms with Crippen molar-refractivity contribution in [3.63, 3.8) is 0 Å². The normalized spacial score (nSPS) is 16.2. The lowest BCUT2D eigenvalue weighted by Crippen LogP contribution is -2.49. The van der Waals surface area contributed by atoms with E-state index >= 15 is 0 Å². The highest BCUT2D eigenvalue weighted by Gasteiger charge is 2.32. The number of likely N-dealkylation sites (N-methyl/N-ethyl adjacent to an activating group) is 2. The van der Waals surface area contributed by atoms with Gasteiger partial charge in [0.15, 0.2) is 0 Å². The molecule has 2 unspecified atom stereocenters. The number of carbonyl (C=O) groups excluding carboxylic acids is 2. The second-order valence-electron chi connectivity index (χ2n) is 7.21. The average Bonchev–Trinajstić information content (AvgIpc) is 2.53. The van der Waals surface area contributed by atoms with Crippen LogP contribution in [0, 0.1) is 0 Å². The van der Waals surface area contributed by atoms with Crippen molar-refractivity contribution in [3.8, 4) is 0 Å².